The highest BCUT2D eigenvalue weighted by atomic mass is 19.1. The van der Waals surface area contributed by atoms with E-state index in [1.54, 1.807) is 14.2 Å². The lowest BCUT2D eigenvalue weighted by Crippen LogP contribution is -2.47. The van der Waals surface area contributed by atoms with Gasteiger partial charge in [-0.3, -0.25) is 4.99 Å². The lowest BCUT2D eigenvalue weighted by molar-refractivity contribution is 0.177. The van der Waals surface area contributed by atoms with Gasteiger partial charge in [-0.1, -0.05) is 6.07 Å². The summed E-state index contributed by atoms with van der Waals surface area (Å²) in [5.41, 5.74) is 0.0797. The quantitative estimate of drug-likeness (QED) is 0.587. The molecule has 0 spiro atoms. The Kier molecular flexibility index (Phi) is 6.33. The Morgan fingerprint density at radius 3 is 2.85 bits per heavy atom. The molecule has 0 radical (unpaired) electrons. The fourth-order valence-corrected chi connectivity index (χ4v) is 3.13. The molecule has 27 heavy (non-hydrogen) atoms. The van der Waals surface area contributed by atoms with Crippen LogP contribution in [0.4, 0.5) is 8.78 Å². The van der Waals surface area contributed by atoms with Crippen LogP contribution in [0.2, 0.25) is 0 Å². The molecule has 7 nitrogen and oxygen atoms in total. The van der Waals surface area contributed by atoms with E-state index in [1.807, 2.05) is 4.68 Å². The molecule has 0 aliphatic carbocycles. The smallest absolute Gasteiger partial charge is 0.191 e. The van der Waals surface area contributed by atoms with Gasteiger partial charge in [0.25, 0.3) is 0 Å². The van der Waals surface area contributed by atoms with Crippen LogP contribution in [0.25, 0.3) is 0 Å². The highest BCUT2D eigenvalue weighted by Crippen LogP contribution is 2.14. The van der Waals surface area contributed by atoms with E-state index in [2.05, 4.69) is 25.7 Å². The zero-order valence-corrected chi connectivity index (χ0v) is 15.5. The first kappa shape index (κ1) is 19.2. The van der Waals surface area contributed by atoms with Gasteiger partial charge < -0.3 is 15.4 Å². The van der Waals surface area contributed by atoms with Crippen LogP contribution in [-0.4, -0.2) is 47.5 Å². The summed E-state index contributed by atoms with van der Waals surface area (Å²) < 4.78 is 34.3. The average Bonchev–Trinajstić information content (AvgIpc) is 3.05. The van der Waals surface area contributed by atoms with Crippen LogP contribution in [0.15, 0.2) is 23.2 Å². The van der Waals surface area contributed by atoms with Gasteiger partial charge in [0, 0.05) is 38.7 Å². The summed E-state index contributed by atoms with van der Waals surface area (Å²) in [6, 6.07) is 4.04. The molecule has 1 aliphatic heterocycles. The number of rotatable bonds is 6. The van der Waals surface area contributed by atoms with Crippen molar-refractivity contribution in [2.75, 3.05) is 20.7 Å². The first-order valence-corrected chi connectivity index (χ1v) is 8.92. The molecule has 2 N–H and O–H groups in total. The molecule has 0 saturated heterocycles. The Morgan fingerprint density at radius 1 is 1.37 bits per heavy atom. The number of halogens is 2. The minimum atomic E-state index is -0.530. The lowest BCUT2D eigenvalue weighted by Gasteiger charge is -2.25. The van der Waals surface area contributed by atoms with Crippen LogP contribution < -0.4 is 10.6 Å². The molecular formula is C18H24F2N6O. The van der Waals surface area contributed by atoms with Gasteiger partial charge in [-0.05, 0) is 25.0 Å². The summed E-state index contributed by atoms with van der Waals surface area (Å²) in [6.45, 7) is 1.44. The third kappa shape index (κ3) is 4.79. The SMILES string of the molecule is CN=C(NCCc1c(F)cccc1F)NC1CCc2nc(COC)nn2C1. The molecule has 1 aliphatic rings. The van der Waals surface area contributed by atoms with Crippen molar-refractivity contribution < 1.29 is 13.5 Å². The summed E-state index contributed by atoms with van der Waals surface area (Å²) in [5, 5.41) is 10.9. The van der Waals surface area contributed by atoms with E-state index in [0.717, 1.165) is 18.7 Å². The molecule has 9 heteroatoms. The minimum absolute atomic E-state index is 0.0797. The first-order chi connectivity index (χ1) is 13.1. The number of hydrogen-bond donors (Lipinski definition) is 2. The van der Waals surface area contributed by atoms with Crippen molar-refractivity contribution in [2.24, 2.45) is 4.99 Å². The van der Waals surface area contributed by atoms with Gasteiger partial charge >= 0.3 is 0 Å². The third-order valence-corrected chi connectivity index (χ3v) is 4.47. The van der Waals surface area contributed by atoms with Gasteiger partial charge in [-0.15, -0.1) is 0 Å². The number of aryl methyl sites for hydroxylation is 1. The van der Waals surface area contributed by atoms with Crippen LogP contribution in [0, 0.1) is 11.6 Å². The Bertz CT molecular complexity index is 787. The first-order valence-electron chi connectivity index (χ1n) is 8.92. The molecule has 1 atom stereocenters. The number of aliphatic imine (C=N–C) groups is 1. The molecule has 0 fully saturated rings. The minimum Gasteiger partial charge on any atom is -0.377 e. The maximum absolute atomic E-state index is 13.7. The van der Waals surface area contributed by atoms with Gasteiger partial charge in [0.1, 0.15) is 24.1 Å². The van der Waals surface area contributed by atoms with E-state index in [-0.39, 0.29) is 18.0 Å². The van der Waals surface area contributed by atoms with Crippen molar-refractivity contribution in [3.8, 4) is 0 Å². The predicted octanol–water partition coefficient (Wildman–Crippen LogP) is 1.43. The standard InChI is InChI=1S/C18H24F2N6O/c1-21-18(22-9-8-13-14(19)4-3-5-15(13)20)23-12-6-7-17-24-16(11-27-2)25-26(17)10-12/h3-5,12H,6-11H2,1-2H3,(H2,21,22,23). The van der Waals surface area contributed by atoms with Gasteiger partial charge in [0.15, 0.2) is 11.8 Å². The largest absolute Gasteiger partial charge is 0.377 e. The lowest BCUT2D eigenvalue weighted by atomic mass is 10.1. The maximum atomic E-state index is 13.7. The Balaban J connectivity index is 1.52. The second-order valence-corrected chi connectivity index (χ2v) is 6.39. The summed E-state index contributed by atoms with van der Waals surface area (Å²) in [5.74, 6) is 1.17. The van der Waals surface area contributed by atoms with Crippen LogP contribution in [0.5, 0.6) is 0 Å². The van der Waals surface area contributed by atoms with Crippen molar-refractivity contribution in [3.63, 3.8) is 0 Å². The molecule has 0 saturated carbocycles. The summed E-state index contributed by atoms with van der Waals surface area (Å²) in [6.07, 6.45) is 1.94. The van der Waals surface area contributed by atoms with Gasteiger partial charge in [-0.2, -0.15) is 5.10 Å². The summed E-state index contributed by atoms with van der Waals surface area (Å²) in [4.78, 5) is 8.65. The van der Waals surface area contributed by atoms with Crippen LogP contribution in [0.1, 0.15) is 23.6 Å². The summed E-state index contributed by atoms with van der Waals surface area (Å²) in [7, 11) is 3.28. The molecular weight excluding hydrogens is 354 g/mol. The number of hydrogen-bond acceptors (Lipinski definition) is 4. The highest BCUT2D eigenvalue weighted by molar-refractivity contribution is 5.79. The van der Waals surface area contributed by atoms with E-state index in [9.17, 15) is 8.78 Å². The molecule has 146 valence electrons. The van der Waals surface area contributed by atoms with Crippen LogP contribution >= 0.6 is 0 Å². The average molecular weight is 378 g/mol. The fourth-order valence-electron chi connectivity index (χ4n) is 3.13. The Morgan fingerprint density at radius 2 is 2.15 bits per heavy atom. The van der Waals surface area contributed by atoms with Crippen molar-refractivity contribution in [1.82, 2.24) is 25.4 Å². The fraction of sp³-hybridized carbons (Fsp3) is 0.500. The second-order valence-electron chi connectivity index (χ2n) is 6.39. The van der Waals surface area contributed by atoms with E-state index >= 15 is 0 Å². The molecule has 0 bridgehead atoms. The number of nitrogens with zero attached hydrogens (tertiary/aromatic N) is 4. The molecule has 0 amide bonds. The van der Waals surface area contributed by atoms with Crippen molar-refractivity contribution in [2.45, 2.75) is 38.5 Å². The van der Waals surface area contributed by atoms with Crippen LogP contribution in [-0.2, 0) is 30.7 Å². The number of aromatic nitrogens is 3. The van der Waals surface area contributed by atoms with E-state index in [0.29, 0.717) is 31.5 Å². The maximum Gasteiger partial charge on any atom is 0.191 e. The molecule has 1 unspecified atom stereocenters. The molecule has 1 aromatic heterocycles. The van der Waals surface area contributed by atoms with Crippen molar-refractivity contribution >= 4 is 5.96 Å². The van der Waals surface area contributed by atoms with Gasteiger partial charge in [0.2, 0.25) is 0 Å². The molecule has 1 aromatic carbocycles. The molecule has 2 aromatic rings. The Labute approximate surface area is 156 Å². The van der Waals surface area contributed by atoms with Gasteiger partial charge in [0.05, 0.1) is 6.54 Å². The van der Waals surface area contributed by atoms with Crippen LogP contribution in [0.3, 0.4) is 0 Å². The summed E-state index contributed by atoms with van der Waals surface area (Å²) >= 11 is 0. The third-order valence-electron chi connectivity index (χ3n) is 4.47. The Hall–Kier alpha value is -2.55. The number of guanidine groups is 1. The van der Waals surface area contributed by atoms with E-state index in [4.69, 9.17) is 4.74 Å². The number of methoxy groups -OCH3 is 1. The predicted molar refractivity (Wildman–Crippen MR) is 97.4 cm³/mol. The number of nitrogens with one attached hydrogen (secondary N) is 2. The highest BCUT2D eigenvalue weighted by Gasteiger charge is 2.22. The second kappa shape index (κ2) is 8.90. The topological polar surface area (TPSA) is 76.4 Å². The van der Waals surface area contributed by atoms with E-state index in [1.165, 1.54) is 18.2 Å². The van der Waals surface area contributed by atoms with E-state index < -0.39 is 11.6 Å². The molecule has 2 heterocycles. The number of ether oxygens (including phenoxy) is 1. The zero-order chi connectivity index (χ0) is 19.2. The van der Waals surface area contributed by atoms with Crippen molar-refractivity contribution in [1.29, 1.82) is 0 Å². The zero-order valence-electron chi connectivity index (χ0n) is 15.5. The normalized spacial score (nSPS) is 16.9. The number of fused-ring (bicyclic) bond motifs is 1. The molecule has 3 rings (SSSR count). The van der Waals surface area contributed by atoms with Gasteiger partial charge in [-0.25, -0.2) is 18.4 Å². The number of benzene rings is 1. The van der Waals surface area contributed by atoms with Crippen molar-refractivity contribution in [3.05, 3.63) is 47.0 Å². The monoisotopic (exact) mass is 378 g/mol.